The van der Waals surface area contributed by atoms with Crippen molar-refractivity contribution in [3.8, 4) is 0 Å². The summed E-state index contributed by atoms with van der Waals surface area (Å²) in [6, 6.07) is 7.70. The Morgan fingerprint density at radius 2 is 1.03 bits per heavy atom. The highest BCUT2D eigenvalue weighted by Gasteiger charge is 2.08. The van der Waals surface area contributed by atoms with Gasteiger partial charge in [0.15, 0.2) is 5.78 Å². The van der Waals surface area contributed by atoms with Crippen LogP contribution in [0.15, 0.2) is 24.3 Å². The average Bonchev–Trinajstić information content (AvgIpc) is 2.77. The van der Waals surface area contributed by atoms with Crippen LogP contribution in [-0.2, 0) is 11.2 Å². The normalized spacial score (nSPS) is 11.0. The molecule has 1 aromatic carbocycles. The van der Waals surface area contributed by atoms with Gasteiger partial charge in [-0.15, -0.1) is 0 Å². The zero-order valence-corrected chi connectivity index (χ0v) is 20.0. The second-order valence-electron chi connectivity index (χ2n) is 9.07. The SMILES string of the molecule is CCCCCCCCCCCCCCCCCCc1ccc(C(=O)CCC(=O)O)cc1. The van der Waals surface area contributed by atoms with Crippen LogP contribution in [0.2, 0.25) is 0 Å². The number of benzene rings is 1. The molecule has 1 N–H and O–H groups in total. The molecular weight excluding hydrogens is 384 g/mol. The maximum Gasteiger partial charge on any atom is 0.303 e. The van der Waals surface area contributed by atoms with Crippen molar-refractivity contribution in [1.82, 2.24) is 0 Å². The van der Waals surface area contributed by atoms with Crippen LogP contribution in [0.3, 0.4) is 0 Å². The Kier molecular flexibility index (Phi) is 16.9. The third kappa shape index (κ3) is 15.8. The molecule has 0 aliphatic carbocycles. The minimum atomic E-state index is -0.923. The highest BCUT2D eigenvalue weighted by Crippen LogP contribution is 2.15. The maximum absolute atomic E-state index is 11.9. The molecule has 0 fully saturated rings. The van der Waals surface area contributed by atoms with E-state index in [0.29, 0.717) is 5.56 Å². The molecule has 0 saturated carbocycles. The van der Waals surface area contributed by atoms with Crippen molar-refractivity contribution in [1.29, 1.82) is 0 Å². The van der Waals surface area contributed by atoms with E-state index < -0.39 is 5.97 Å². The first-order valence-corrected chi connectivity index (χ1v) is 13.0. The molecule has 0 spiro atoms. The molecule has 1 rings (SSSR count). The van der Waals surface area contributed by atoms with Crippen molar-refractivity contribution in [2.75, 3.05) is 0 Å². The molecule has 31 heavy (non-hydrogen) atoms. The number of carboxylic acid groups (broad SMARTS) is 1. The number of hydrogen-bond acceptors (Lipinski definition) is 2. The first-order chi connectivity index (χ1) is 15.1. The van der Waals surface area contributed by atoms with Crippen LogP contribution in [0.1, 0.15) is 138 Å². The third-order valence-electron chi connectivity index (χ3n) is 6.16. The van der Waals surface area contributed by atoms with Gasteiger partial charge in [0.05, 0.1) is 6.42 Å². The van der Waals surface area contributed by atoms with Crippen LogP contribution < -0.4 is 0 Å². The van der Waals surface area contributed by atoms with Gasteiger partial charge >= 0.3 is 5.97 Å². The smallest absolute Gasteiger partial charge is 0.303 e. The van der Waals surface area contributed by atoms with Crippen molar-refractivity contribution >= 4 is 11.8 Å². The second-order valence-corrected chi connectivity index (χ2v) is 9.07. The molecule has 3 heteroatoms. The van der Waals surface area contributed by atoms with Gasteiger partial charge in [-0.05, 0) is 18.4 Å². The highest BCUT2D eigenvalue weighted by atomic mass is 16.4. The van der Waals surface area contributed by atoms with Gasteiger partial charge in [0.2, 0.25) is 0 Å². The summed E-state index contributed by atoms with van der Waals surface area (Å²) in [5.74, 6) is -1.01. The number of hydrogen-bond donors (Lipinski definition) is 1. The lowest BCUT2D eigenvalue weighted by Gasteiger charge is -2.05. The van der Waals surface area contributed by atoms with Crippen molar-refractivity contribution in [3.05, 3.63) is 35.4 Å². The Morgan fingerprint density at radius 1 is 0.613 bits per heavy atom. The van der Waals surface area contributed by atoms with E-state index in [2.05, 4.69) is 6.92 Å². The van der Waals surface area contributed by atoms with E-state index in [1.807, 2.05) is 24.3 Å². The molecule has 0 unspecified atom stereocenters. The van der Waals surface area contributed by atoms with E-state index in [0.717, 1.165) is 6.42 Å². The van der Waals surface area contributed by atoms with Crippen LogP contribution >= 0.6 is 0 Å². The molecule has 0 amide bonds. The molecule has 0 radical (unpaired) electrons. The number of carbonyl (C=O) groups excluding carboxylic acids is 1. The summed E-state index contributed by atoms with van der Waals surface area (Å²) in [6.07, 6.45) is 23.2. The van der Waals surface area contributed by atoms with Gasteiger partial charge in [-0.25, -0.2) is 0 Å². The molecular formula is C28H46O3. The summed E-state index contributed by atoms with van der Waals surface area (Å²) in [4.78, 5) is 22.5. The van der Waals surface area contributed by atoms with Gasteiger partial charge in [-0.3, -0.25) is 9.59 Å². The van der Waals surface area contributed by atoms with Gasteiger partial charge < -0.3 is 5.11 Å². The molecule has 176 valence electrons. The predicted molar refractivity (Wildman–Crippen MR) is 131 cm³/mol. The molecule has 0 aliphatic heterocycles. The summed E-state index contributed by atoms with van der Waals surface area (Å²) in [6.45, 7) is 2.28. The number of rotatable bonds is 21. The first-order valence-electron chi connectivity index (χ1n) is 13.0. The summed E-state index contributed by atoms with van der Waals surface area (Å²) >= 11 is 0. The highest BCUT2D eigenvalue weighted by molar-refractivity contribution is 5.97. The molecule has 0 atom stereocenters. The molecule has 0 aliphatic rings. The first kappa shape index (κ1) is 27.4. The zero-order chi connectivity index (χ0) is 22.6. The van der Waals surface area contributed by atoms with E-state index in [1.54, 1.807) is 0 Å². The Balaban J connectivity index is 1.91. The molecule has 0 aromatic heterocycles. The largest absolute Gasteiger partial charge is 0.481 e. The number of aryl methyl sites for hydroxylation is 1. The van der Waals surface area contributed by atoms with E-state index in [-0.39, 0.29) is 18.6 Å². The van der Waals surface area contributed by atoms with Crippen molar-refractivity contribution in [2.45, 2.75) is 129 Å². The minimum Gasteiger partial charge on any atom is -0.481 e. The Bertz CT molecular complexity index is 576. The fraction of sp³-hybridized carbons (Fsp3) is 0.714. The lowest BCUT2D eigenvalue weighted by molar-refractivity contribution is -0.136. The third-order valence-corrected chi connectivity index (χ3v) is 6.16. The monoisotopic (exact) mass is 430 g/mol. The number of carboxylic acids is 1. The van der Waals surface area contributed by atoms with Crippen LogP contribution in [0.25, 0.3) is 0 Å². The lowest BCUT2D eigenvalue weighted by Crippen LogP contribution is -2.03. The fourth-order valence-corrected chi connectivity index (χ4v) is 4.10. The van der Waals surface area contributed by atoms with Gasteiger partial charge in [0, 0.05) is 12.0 Å². The number of unbranched alkanes of at least 4 members (excludes halogenated alkanes) is 15. The van der Waals surface area contributed by atoms with Crippen molar-refractivity contribution in [3.63, 3.8) is 0 Å². The molecule has 0 heterocycles. The molecule has 0 bridgehead atoms. The Hall–Kier alpha value is -1.64. The topological polar surface area (TPSA) is 54.4 Å². The minimum absolute atomic E-state index is 0.0772. The standard InChI is InChI=1S/C28H46O3/c1-2-3-4-5-6-7-8-9-10-11-12-13-14-15-16-17-18-25-19-21-26(22-20-25)27(29)23-24-28(30)31/h19-22H,2-18,23-24H2,1H3,(H,30,31). The molecule has 3 nitrogen and oxygen atoms in total. The van der Waals surface area contributed by atoms with Crippen LogP contribution in [0, 0.1) is 0 Å². The van der Waals surface area contributed by atoms with Gasteiger partial charge in [-0.1, -0.05) is 128 Å². The number of aliphatic carboxylic acids is 1. The lowest BCUT2D eigenvalue weighted by atomic mass is 10.0. The van der Waals surface area contributed by atoms with Gasteiger partial charge in [0.1, 0.15) is 0 Å². The van der Waals surface area contributed by atoms with Crippen LogP contribution in [-0.4, -0.2) is 16.9 Å². The van der Waals surface area contributed by atoms with Crippen LogP contribution in [0.4, 0.5) is 0 Å². The second kappa shape index (κ2) is 19.1. The quantitative estimate of drug-likeness (QED) is 0.157. The van der Waals surface area contributed by atoms with E-state index in [4.69, 9.17) is 5.11 Å². The summed E-state index contributed by atoms with van der Waals surface area (Å²) in [5, 5.41) is 8.67. The number of ketones is 1. The zero-order valence-electron chi connectivity index (χ0n) is 20.0. The van der Waals surface area contributed by atoms with E-state index in [1.165, 1.54) is 108 Å². The summed E-state index contributed by atoms with van der Waals surface area (Å²) < 4.78 is 0. The fourth-order valence-electron chi connectivity index (χ4n) is 4.10. The van der Waals surface area contributed by atoms with Crippen molar-refractivity contribution in [2.24, 2.45) is 0 Å². The summed E-state index contributed by atoms with van der Waals surface area (Å²) in [5.41, 5.74) is 1.89. The molecule has 0 saturated heterocycles. The van der Waals surface area contributed by atoms with Gasteiger partial charge in [0.25, 0.3) is 0 Å². The average molecular weight is 431 g/mol. The van der Waals surface area contributed by atoms with Gasteiger partial charge in [-0.2, -0.15) is 0 Å². The Labute approximate surface area is 191 Å². The maximum atomic E-state index is 11.9. The molecule has 1 aromatic rings. The van der Waals surface area contributed by atoms with E-state index >= 15 is 0 Å². The van der Waals surface area contributed by atoms with E-state index in [9.17, 15) is 9.59 Å². The summed E-state index contributed by atoms with van der Waals surface area (Å²) in [7, 11) is 0. The van der Waals surface area contributed by atoms with Crippen LogP contribution in [0.5, 0.6) is 0 Å². The number of carbonyl (C=O) groups is 2. The Morgan fingerprint density at radius 3 is 1.45 bits per heavy atom. The van der Waals surface area contributed by atoms with Crippen molar-refractivity contribution < 1.29 is 14.7 Å². The predicted octanol–water partition coefficient (Wildman–Crippen LogP) is 8.54. The number of Topliss-reactive ketones (excluding diaryl/α,β-unsaturated/α-hetero) is 1.